The zero-order valence-electron chi connectivity index (χ0n) is 16.3. The molecule has 6 nitrogen and oxygen atoms in total. The third kappa shape index (κ3) is 4.23. The summed E-state index contributed by atoms with van der Waals surface area (Å²) in [6, 6.07) is 14.9. The number of benzene rings is 2. The zero-order chi connectivity index (χ0) is 21.4. The number of alkyl carbamates (subject to hydrolysis) is 1. The van der Waals surface area contributed by atoms with Crippen LogP contribution in [0.2, 0.25) is 0 Å². The Bertz CT molecular complexity index is 1020. The first-order valence-corrected chi connectivity index (χ1v) is 11.4. The van der Waals surface area contributed by atoms with Gasteiger partial charge in [0.1, 0.15) is 22.7 Å². The molecule has 0 aromatic heterocycles. The van der Waals surface area contributed by atoms with Gasteiger partial charge in [-0.3, -0.25) is 0 Å². The molecule has 0 bridgehead atoms. The van der Waals surface area contributed by atoms with E-state index in [1.54, 1.807) is 63.2 Å². The first-order valence-electron chi connectivity index (χ1n) is 9.03. The molecule has 0 aliphatic heterocycles. The van der Waals surface area contributed by atoms with Crippen LogP contribution in [-0.2, 0) is 19.4 Å². The molecule has 1 N–H and O–H groups in total. The van der Waals surface area contributed by atoms with Crippen molar-refractivity contribution >= 4 is 38.1 Å². The molecule has 3 rings (SSSR count). The Morgan fingerprint density at radius 1 is 1.10 bits per heavy atom. The topological polar surface area (TPSA) is 89.5 Å². The van der Waals surface area contributed by atoms with Crippen LogP contribution >= 0.6 is 15.9 Å². The maximum absolute atomic E-state index is 13.3. The number of hydrogen-bond acceptors (Lipinski definition) is 5. The average molecular weight is 480 g/mol. The summed E-state index contributed by atoms with van der Waals surface area (Å²) in [5, 5.41) is 1.41. The first kappa shape index (κ1) is 21.5. The number of rotatable bonds is 5. The summed E-state index contributed by atoms with van der Waals surface area (Å²) in [7, 11) is -3.90. The second-order valence-corrected chi connectivity index (χ2v) is 11.0. The molecule has 0 radical (unpaired) electrons. The SMILES string of the molecule is CC(C)(C)OC(=O)N[C@@]1(C=O)[C@H](c2ccc(Br)cc2)[C@@H]1S(=O)(=O)c1ccccc1. The van der Waals surface area contributed by atoms with Gasteiger partial charge in [0.15, 0.2) is 9.84 Å². The predicted molar refractivity (Wildman–Crippen MR) is 112 cm³/mol. The van der Waals surface area contributed by atoms with Gasteiger partial charge < -0.3 is 14.8 Å². The molecule has 154 valence electrons. The second kappa shape index (κ2) is 7.57. The number of sulfone groups is 1. The number of aldehydes is 1. The molecule has 0 heterocycles. The Morgan fingerprint density at radius 2 is 1.69 bits per heavy atom. The van der Waals surface area contributed by atoms with Gasteiger partial charge in [-0.1, -0.05) is 46.3 Å². The van der Waals surface area contributed by atoms with Gasteiger partial charge >= 0.3 is 6.09 Å². The number of carbonyl (C=O) groups is 2. The summed E-state index contributed by atoms with van der Waals surface area (Å²) < 4.78 is 32.7. The summed E-state index contributed by atoms with van der Waals surface area (Å²) >= 11 is 3.35. The minimum atomic E-state index is -3.90. The Kier molecular flexibility index (Phi) is 5.62. The number of halogens is 1. The quantitative estimate of drug-likeness (QED) is 0.657. The van der Waals surface area contributed by atoms with Crippen molar-refractivity contribution < 1.29 is 22.7 Å². The largest absolute Gasteiger partial charge is 0.444 e. The Hall–Kier alpha value is -2.19. The number of hydrogen-bond donors (Lipinski definition) is 1. The molecule has 3 atom stereocenters. The van der Waals surface area contributed by atoms with Gasteiger partial charge in [-0.2, -0.15) is 0 Å². The Labute approximate surface area is 178 Å². The van der Waals surface area contributed by atoms with E-state index in [0.717, 1.165) is 4.47 Å². The van der Waals surface area contributed by atoms with E-state index >= 15 is 0 Å². The van der Waals surface area contributed by atoms with E-state index in [1.807, 2.05) is 0 Å². The third-order valence-corrected chi connectivity index (χ3v) is 7.52. The Balaban J connectivity index is 2.04. The second-order valence-electron chi connectivity index (χ2n) is 7.99. The van der Waals surface area contributed by atoms with Crippen molar-refractivity contribution in [2.75, 3.05) is 0 Å². The maximum atomic E-state index is 13.3. The highest BCUT2D eigenvalue weighted by atomic mass is 79.9. The lowest BCUT2D eigenvalue weighted by atomic mass is 10.1. The van der Waals surface area contributed by atoms with Crippen LogP contribution in [0, 0.1) is 0 Å². The fourth-order valence-electron chi connectivity index (χ4n) is 3.49. The van der Waals surface area contributed by atoms with Gasteiger partial charge in [-0.05, 0) is 50.6 Å². The van der Waals surface area contributed by atoms with E-state index in [2.05, 4.69) is 21.2 Å². The minimum Gasteiger partial charge on any atom is -0.444 e. The highest BCUT2D eigenvalue weighted by molar-refractivity contribution is 9.10. The molecular weight excluding hydrogens is 458 g/mol. The lowest BCUT2D eigenvalue weighted by Gasteiger charge is -2.22. The van der Waals surface area contributed by atoms with Crippen molar-refractivity contribution in [2.24, 2.45) is 0 Å². The molecule has 0 spiro atoms. The van der Waals surface area contributed by atoms with E-state index in [4.69, 9.17) is 4.74 Å². The number of amides is 1. The van der Waals surface area contributed by atoms with Crippen molar-refractivity contribution in [3.63, 3.8) is 0 Å². The molecule has 1 aliphatic rings. The summed E-state index contributed by atoms with van der Waals surface area (Å²) in [5.41, 5.74) is -1.75. The van der Waals surface area contributed by atoms with E-state index in [1.165, 1.54) is 12.1 Å². The number of carbonyl (C=O) groups excluding carboxylic acids is 2. The van der Waals surface area contributed by atoms with Crippen LogP contribution in [0.3, 0.4) is 0 Å². The van der Waals surface area contributed by atoms with Gasteiger partial charge in [-0.15, -0.1) is 0 Å². The fraction of sp³-hybridized carbons (Fsp3) is 0.333. The number of ether oxygens (including phenoxy) is 1. The van der Waals surface area contributed by atoms with Crippen LogP contribution in [0.4, 0.5) is 4.79 Å². The zero-order valence-corrected chi connectivity index (χ0v) is 18.7. The van der Waals surface area contributed by atoms with Crippen molar-refractivity contribution in [2.45, 2.75) is 48.0 Å². The molecule has 2 aromatic rings. The lowest BCUT2D eigenvalue weighted by molar-refractivity contribution is -0.110. The van der Waals surface area contributed by atoms with Gasteiger partial charge in [0.2, 0.25) is 0 Å². The molecule has 0 unspecified atom stereocenters. The molecule has 29 heavy (non-hydrogen) atoms. The van der Waals surface area contributed by atoms with Gasteiger partial charge in [0.25, 0.3) is 0 Å². The van der Waals surface area contributed by atoms with Crippen molar-refractivity contribution in [1.82, 2.24) is 5.32 Å². The Morgan fingerprint density at radius 3 is 2.21 bits per heavy atom. The molecular formula is C21H22BrNO5S. The standard InChI is InChI=1S/C21H22BrNO5S/c1-20(2,3)28-19(25)23-21(13-24)17(14-9-11-15(22)12-10-14)18(21)29(26,27)16-7-5-4-6-8-16/h4-13,17-18H,1-3H3,(H,23,25)/t17-,18+,21+/m1/s1. The van der Waals surface area contributed by atoms with E-state index in [-0.39, 0.29) is 4.90 Å². The van der Waals surface area contributed by atoms with Crippen molar-refractivity contribution in [1.29, 1.82) is 0 Å². The summed E-state index contributed by atoms with van der Waals surface area (Å²) in [6.07, 6.45) is -0.327. The van der Waals surface area contributed by atoms with Crippen LogP contribution in [0.25, 0.3) is 0 Å². The van der Waals surface area contributed by atoms with Crippen LogP contribution in [-0.4, -0.2) is 37.2 Å². The van der Waals surface area contributed by atoms with Crippen LogP contribution in [0.5, 0.6) is 0 Å². The van der Waals surface area contributed by atoms with Crippen molar-refractivity contribution in [3.05, 3.63) is 64.6 Å². The summed E-state index contributed by atoms with van der Waals surface area (Å²) in [6.45, 7) is 5.08. The van der Waals surface area contributed by atoms with Gasteiger partial charge in [0, 0.05) is 10.4 Å². The molecule has 1 amide bonds. The van der Waals surface area contributed by atoms with Crippen LogP contribution in [0.1, 0.15) is 32.3 Å². The molecule has 1 saturated carbocycles. The maximum Gasteiger partial charge on any atom is 0.408 e. The molecule has 1 fully saturated rings. The molecule has 0 saturated heterocycles. The van der Waals surface area contributed by atoms with Crippen molar-refractivity contribution in [3.8, 4) is 0 Å². The fourth-order valence-corrected chi connectivity index (χ4v) is 6.02. The lowest BCUT2D eigenvalue weighted by Crippen LogP contribution is -2.45. The highest BCUT2D eigenvalue weighted by Gasteiger charge is 2.73. The smallest absolute Gasteiger partial charge is 0.408 e. The van der Waals surface area contributed by atoms with E-state index in [9.17, 15) is 18.0 Å². The van der Waals surface area contributed by atoms with Gasteiger partial charge in [0.05, 0.1) is 4.90 Å². The first-order chi connectivity index (χ1) is 13.5. The average Bonchev–Trinajstić information content (AvgIpc) is 3.31. The van der Waals surface area contributed by atoms with E-state index in [0.29, 0.717) is 11.8 Å². The summed E-state index contributed by atoms with van der Waals surface area (Å²) in [4.78, 5) is 24.7. The predicted octanol–water partition coefficient (Wildman–Crippen LogP) is 3.85. The van der Waals surface area contributed by atoms with Crippen LogP contribution < -0.4 is 5.32 Å². The highest BCUT2D eigenvalue weighted by Crippen LogP contribution is 2.56. The van der Waals surface area contributed by atoms with E-state index < -0.39 is 38.2 Å². The molecule has 1 aliphatic carbocycles. The number of nitrogens with one attached hydrogen (secondary N) is 1. The monoisotopic (exact) mass is 479 g/mol. The van der Waals surface area contributed by atoms with Crippen LogP contribution in [0.15, 0.2) is 64.0 Å². The molecule has 8 heteroatoms. The third-order valence-electron chi connectivity index (χ3n) is 4.73. The summed E-state index contributed by atoms with van der Waals surface area (Å²) in [5.74, 6) is -0.731. The molecule has 2 aromatic carbocycles. The van der Waals surface area contributed by atoms with Gasteiger partial charge in [-0.25, -0.2) is 13.2 Å². The normalized spacial score (nSPS) is 23.9. The minimum absolute atomic E-state index is 0.0989.